The van der Waals surface area contributed by atoms with E-state index in [0.717, 1.165) is 11.8 Å². The van der Waals surface area contributed by atoms with Gasteiger partial charge in [0.15, 0.2) is 0 Å². The lowest BCUT2D eigenvalue weighted by Gasteiger charge is -2.56. The minimum absolute atomic E-state index is 0.679. The maximum absolute atomic E-state index is 2.53. The largest absolute Gasteiger partial charge is 0.0594 e. The van der Waals surface area contributed by atoms with Crippen LogP contribution in [-0.2, 0) is 0 Å². The van der Waals surface area contributed by atoms with Crippen molar-refractivity contribution in [2.24, 2.45) is 17.3 Å². The molecule has 1 radical (unpaired) electrons. The van der Waals surface area contributed by atoms with Gasteiger partial charge in [-0.3, -0.25) is 0 Å². The molecule has 51 valence electrons. The summed E-state index contributed by atoms with van der Waals surface area (Å²) in [5, 5.41) is 0. The zero-order chi connectivity index (χ0) is 6.48. The summed E-state index contributed by atoms with van der Waals surface area (Å²) in [5.74, 6) is 2.03. The Morgan fingerprint density at radius 3 is 2.44 bits per heavy atom. The van der Waals surface area contributed by atoms with Crippen LogP contribution in [-0.4, -0.2) is 0 Å². The van der Waals surface area contributed by atoms with Gasteiger partial charge in [-0.2, -0.15) is 0 Å². The summed E-state index contributed by atoms with van der Waals surface area (Å²) >= 11 is 0. The summed E-state index contributed by atoms with van der Waals surface area (Å²) in [6.07, 6.45) is 6.87. The summed E-state index contributed by atoms with van der Waals surface area (Å²) in [7, 11) is 0. The van der Waals surface area contributed by atoms with Crippen LogP contribution in [0.3, 0.4) is 0 Å². The van der Waals surface area contributed by atoms with Crippen LogP contribution in [0.2, 0.25) is 0 Å². The van der Waals surface area contributed by atoms with Crippen molar-refractivity contribution < 1.29 is 0 Å². The molecule has 0 aromatic heterocycles. The minimum Gasteiger partial charge on any atom is -0.0594 e. The van der Waals surface area contributed by atoms with Gasteiger partial charge in [-0.05, 0) is 42.9 Å². The Balaban J connectivity index is 2.13. The molecule has 3 rings (SSSR count). The van der Waals surface area contributed by atoms with E-state index in [4.69, 9.17) is 0 Å². The molecular formula is C9H15. The summed E-state index contributed by atoms with van der Waals surface area (Å²) < 4.78 is 0. The first-order valence-corrected chi connectivity index (χ1v) is 4.04. The SMILES string of the molecule is CC1(C)[C@@H]2CC[CH][C@H]1C2. The van der Waals surface area contributed by atoms with E-state index in [1.165, 1.54) is 19.3 Å². The van der Waals surface area contributed by atoms with E-state index in [0.29, 0.717) is 5.41 Å². The average Bonchev–Trinajstić information content (AvgIpc) is 1.89. The van der Waals surface area contributed by atoms with E-state index in [1.54, 1.807) is 0 Å². The Hall–Kier alpha value is 0. The van der Waals surface area contributed by atoms with Gasteiger partial charge >= 0.3 is 0 Å². The van der Waals surface area contributed by atoms with Crippen molar-refractivity contribution in [2.45, 2.75) is 33.1 Å². The highest BCUT2D eigenvalue weighted by Gasteiger charge is 2.49. The third-order valence-corrected chi connectivity index (χ3v) is 3.51. The molecule has 3 aliphatic carbocycles. The second kappa shape index (κ2) is 1.53. The molecule has 0 aliphatic heterocycles. The molecule has 0 amide bonds. The first kappa shape index (κ1) is 5.76. The fraction of sp³-hybridized carbons (Fsp3) is 0.889. The minimum atomic E-state index is 0.679. The molecular weight excluding hydrogens is 108 g/mol. The number of hydrogen-bond acceptors (Lipinski definition) is 0. The molecule has 2 atom stereocenters. The van der Waals surface area contributed by atoms with Gasteiger partial charge in [0.25, 0.3) is 0 Å². The van der Waals surface area contributed by atoms with E-state index >= 15 is 0 Å². The van der Waals surface area contributed by atoms with Crippen LogP contribution in [0.1, 0.15) is 33.1 Å². The van der Waals surface area contributed by atoms with E-state index in [2.05, 4.69) is 20.3 Å². The van der Waals surface area contributed by atoms with Crippen LogP contribution >= 0.6 is 0 Å². The lowest BCUT2D eigenvalue weighted by Crippen LogP contribution is -2.48. The Kier molecular flexibility index (Phi) is 0.980. The van der Waals surface area contributed by atoms with E-state index in [9.17, 15) is 0 Å². The first-order chi connectivity index (χ1) is 4.21. The standard InChI is InChI=1S/C9H15/c1-9(2)7-4-3-5-8(9)6-7/h4,7-8H,3,5-6H2,1-2H3/t7-,8+/m0/s1. The van der Waals surface area contributed by atoms with Gasteiger partial charge in [-0.25, -0.2) is 0 Å². The van der Waals surface area contributed by atoms with Gasteiger partial charge in [0.05, 0.1) is 0 Å². The smallest absolute Gasteiger partial charge is 0.0295 e. The van der Waals surface area contributed by atoms with E-state index < -0.39 is 0 Å². The number of hydrogen-bond donors (Lipinski definition) is 0. The van der Waals surface area contributed by atoms with Gasteiger partial charge < -0.3 is 0 Å². The van der Waals surface area contributed by atoms with E-state index in [1.807, 2.05) is 0 Å². The summed E-state index contributed by atoms with van der Waals surface area (Å²) in [5.41, 5.74) is 0.679. The Morgan fingerprint density at radius 2 is 2.22 bits per heavy atom. The number of rotatable bonds is 0. The van der Waals surface area contributed by atoms with Crippen molar-refractivity contribution in [3.63, 3.8) is 0 Å². The lowest BCUT2D eigenvalue weighted by atomic mass is 9.49. The highest BCUT2D eigenvalue weighted by atomic mass is 14.5. The van der Waals surface area contributed by atoms with Crippen LogP contribution in [0.4, 0.5) is 0 Å². The normalized spacial score (nSPS) is 46.0. The molecule has 3 saturated carbocycles. The highest BCUT2D eigenvalue weighted by molar-refractivity contribution is 5.06. The molecule has 0 unspecified atom stereocenters. The van der Waals surface area contributed by atoms with Crippen LogP contribution in [0.15, 0.2) is 0 Å². The monoisotopic (exact) mass is 123 g/mol. The van der Waals surface area contributed by atoms with Crippen molar-refractivity contribution in [1.29, 1.82) is 0 Å². The van der Waals surface area contributed by atoms with Gasteiger partial charge in [-0.15, -0.1) is 0 Å². The molecule has 3 fully saturated rings. The Bertz CT molecular complexity index is 108. The topological polar surface area (TPSA) is 0 Å². The zero-order valence-electron chi connectivity index (χ0n) is 6.35. The quantitative estimate of drug-likeness (QED) is 0.464. The maximum Gasteiger partial charge on any atom is -0.0295 e. The van der Waals surface area contributed by atoms with Crippen LogP contribution < -0.4 is 0 Å². The van der Waals surface area contributed by atoms with Crippen molar-refractivity contribution >= 4 is 0 Å². The summed E-state index contributed by atoms with van der Waals surface area (Å²) in [6.45, 7) is 4.84. The molecule has 9 heavy (non-hydrogen) atoms. The second-order valence-electron chi connectivity index (χ2n) is 4.17. The number of fused-ring (bicyclic) bond motifs is 2. The lowest BCUT2D eigenvalue weighted by molar-refractivity contribution is -0.0314. The first-order valence-electron chi connectivity index (χ1n) is 4.04. The molecule has 0 nitrogen and oxygen atoms in total. The average molecular weight is 123 g/mol. The van der Waals surface area contributed by atoms with Crippen LogP contribution in [0.5, 0.6) is 0 Å². The van der Waals surface area contributed by atoms with Gasteiger partial charge in [0.1, 0.15) is 0 Å². The van der Waals surface area contributed by atoms with Crippen LogP contribution in [0, 0.1) is 23.7 Å². The highest BCUT2D eigenvalue weighted by Crippen LogP contribution is 2.58. The van der Waals surface area contributed by atoms with Crippen molar-refractivity contribution in [2.75, 3.05) is 0 Å². The molecule has 0 saturated heterocycles. The van der Waals surface area contributed by atoms with Crippen molar-refractivity contribution in [3.05, 3.63) is 6.42 Å². The second-order valence-corrected chi connectivity index (χ2v) is 4.17. The van der Waals surface area contributed by atoms with Crippen molar-refractivity contribution in [3.8, 4) is 0 Å². The van der Waals surface area contributed by atoms with Crippen LogP contribution in [0.25, 0.3) is 0 Å². The fourth-order valence-electron chi connectivity index (χ4n) is 2.44. The molecule has 0 spiro atoms. The predicted octanol–water partition coefficient (Wildman–Crippen LogP) is 2.65. The molecule has 0 aromatic rings. The predicted molar refractivity (Wildman–Crippen MR) is 38.9 cm³/mol. The molecule has 2 bridgehead atoms. The molecule has 3 aliphatic rings. The zero-order valence-corrected chi connectivity index (χ0v) is 6.35. The summed E-state index contributed by atoms with van der Waals surface area (Å²) in [4.78, 5) is 0. The Morgan fingerprint density at radius 1 is 1.44 bits per heavy atom. The van der Waals surface area contributed by atoms with Crippen molar-refractivity contribution in [1.82, 2.24) is 0 Å². The van der Waals surface area contributed by atoms with Gasteiger partial charge in [-0.1, -0.05) is 13.8 Å². The molecule has 0 heterocycles. The third kappa shape index (κ3) is 0.595. The van der Waals surface area contributed by atoms with Gasteiger partial charge in [0, 0.05) is 0 Å². The molecule has 0 N–H and O–H groups in total. The molecule has 0 heteroatoms. The van der Waals surface area contributed by atoms with Gasteiger partial charge in [0.2, 0.25) is 0 Å². The summed E-state index contributed by atoms with van der Waals surface area (Å²) in [6, 6.07) is 0. The Labute approximate surface area is 57.6 Å². The fourth-order valence-corrected chi connectivity index (χ4v) is 2.44. The maximum atomic E-state index is 2.53. The third-order valence-electron chi connectivity index (χ3n) is 3.51. The van der Waals surface area contributed by atoms with E-state index in [-0.39, 0.29) is 0 Å². The molecule has 0 aromatic carbocycles.